The summed E-state index contributed by atoms with van der Waals surface area (Å²) in [7, 11) is 0. The Labute approximate surface area is 127 Å². The van der Waals surface area contributed by atoms with E-state index in [9.17, 15) is 4.79 Å². The van der Waals surface area contributed by atoms with Crippen molar-refractivity contribution in [3.8, 4) is 0 Å². The summed E-state index contributed by atoms with van der Waals surface area (Å²) in [5, 5.41) is 0.870. The van der Waals surface area contributed by atoms with Crippen LogP contribution in [0.1, 0.15) is 29.4 Å². The predicted octanol–water partition coefficient (Wildman–Crippen LogP) is 2.52. The molecule has 112 valence electrons. The SMILES string of the molecule is CCOC1CCN(C(=O)c2sc3ncccc3c2N)CC1. The van der Waals surface area contributed by atoms with Crippen LogP contribution in [0, 0.1) is 0 Å². The van der Waals surface area contributed by atoms with Gasteiger partial charge in [0, 0.05) is 31.3 Å². The van der Waals surface area contributed by atoms with E-state index < -0.39 is 0 Å². The van der Waals surface area contributed by atoms with Gasteiger partial charge in [0.05, 0.1) is 11.8 Å². The fourth-order valence-electron chi connectivity index (χ4n) is 2.71. The second-order valence-electron chi connectivity index (χ2n) is 5.15. The fraction of sp³-hybridized carbons (Fsp3) is 0.467. The molecule has 3 heterocycles. The van der Waals surface area contributed by atoms with E-state index in [-0.39, 0.29) is 12.0 Å². The van der Waals surface area contributed by atoms with Crippen molar-refractivity contribution in [1.29, 1.82) is 0 Å². The first-order chi connectivity index (χ1) is 10.2. The molecule has 2 N–H and O–H groups in total. The molecule has 0 spiro atoms. The molecule has 0 saturated carbocycles. The maximum Gasteiger partial charge on any atom is 0.266 e. The average Bonchev–Trinajstić information content (AvgIpc) is 2.85. The first-order valence-electron chi connectivity index (χ1n) is 7.24. The summed E-state index contributed by atoms with van der Waals surface area (Å²) >= 11 is 1.38. The van der Waals surface area contributed by atoms with Gasteiger partial charge in [0.25, 0.3) is 5.91 Å². The van der Waals surface area contributed by atoms with Crippen LogP contribution < -0.4 is 5.73 Å². The zero-order valence-electron chi connectivity index (χ0n) is 12.0. The largest absolute Gasteiger partial charge is 0.397 e. The number of thiophene rings is 1. The Kier molecular flexibility index (Phi) is 4.07. The molecule has 0 bridgehead atoms. The van der Waals surface area contributed by atoms with Crippen LogP contribution in [0.15, 0.2) is 18.3 Å². The van der Waals surface area contributed by atoms with Crippen molar-refractivity contribution in [2.45, 2.75) is 25.9 Å². The third-order valence-corrected chi connectivity index (χ3v) is 4.95. The first kappa shape index (κ1) is 14.3. The molecule has 1 aliphatic heterocycles. The maximum absolute atomic E-state index is 12.6. The molecule has 0 aliphatic carbocycles. The molecule has 21 heavy (non-hydrogen) atoms. The summed E-state index contributed by atoms with van der Waals surface area (Å²) < 4.78 is 5.62. The molecule has 0 aromatic carbocycles. The number of anilines is 1. The zero-order chi connectivity index (χ0) is 14.8. The molecule has 1 amide bonds. The van der Waals surface area contributed by atoms with Gasteiger partial charge >= 0.3 is 0 Å². The molecule has 1 saturated heterocycles. The monoisotopic (exact) mass is 305 g/mol. The van der Waals surface area contributed by atoms with Crippen molar-refractivity contribution in [3.63, 3.8) is 0 Å². The lowest BCUT2D eigenvalue weighted by Crippen LogP contribution is -2.40. The van der Waals surface area contributed by atoms with Crippen molar-refractivity contribution in [1.82, 2.24) is 9.88 Å². The Morgan fingerprint density at radius 1 is 1.52 bits per heavy atom. The van der Waals surface area contributed by atoms with E-state index in [1.165, 1.54) is 11.3 Å². The van der Waals surface area contributed by atoms with Crippen LogP contribution in [0.4, 0.5) is 5.69 Å². The third kappa shape index (κ3) is 2.73. The molecule has 0 atom stereocenters. The van der Waals surface area contributed by atoms with Gasteiger partial charge in [-0.25, -0.2) is 4.98 Å². The van der Waals surface area contributed by atoms with E-state index in [1.54, 1.807) is 6.20 Å². The lowest BCUT2D eigenvalue weighted by atomic mass is 10.1. The number of nitrogen functional groups attached to an aromatic ring is 1. The lowest BCUT2D eigenvalue weighted by Gasteiger charge is -2.31. The summed E-state index contributed by atoms with van der Waals surface area (Å²) in [5.74, 6) is 0.0189. The summed E-state index contributed by atoms with van der Waals surface area (Å²) in [4.78, 5) is 20.2. The highest BCUT2D eigenvalue weighted by atomic mass is 32.1. The molecule has 2 aromatic heterocycles. The van der Waals surface area contributed by atoms with Gasteiger partial charge in [-0.05, 0) is 31.9 Å². The van der Waals surface area contributed by atoms with Gasteiger partial charge in [0.2, 0.25) is 0 Å². The van der Waals surface area contributed by atoms with Gasteiger partial charge in [-0.15, -0.1) is 11.3 Å². The van der Waals surface area contributed by atoms with Crippen LogP contribution in [-0.2, 0) is 4.74 Å². The number of ether oxygens (including phenoxy) is 1. The molecule has 3 rings (SSSR count). The Bertz CT molecular complexity index is 647. The number of rotatable bonds is 3. The fourth-order valence-corrected chi connectivity index (χ4v) is 3.75. The highest BCUT2D eigenvalue weighted by Crippen LogP contribution is 2.33. The van der Waals surface area contributed by atoms with Crippen molar-refractivity contribution < 1.29 is 9.53 Å². The van der Waals surface area contributed by atoms with Gasteiger partial charge in [-0.3, -0.25) is 4.79 Å². The molecule has 2 aromatic rings. The Hall–Kier alpha value is -1.66. The minimum Gasteiger partial charge on any atom is -0.397 e. The number of carbonyl (C=O) groups is 1. The van der Waals surface area contributed by atoms with Crippen molar-refractivity contribution in [2.75, 3.05) is 25.4 Å². The molecule has 1 aliphatic rings. The smallest absolute Gasteiger partial charge is 0.266 e. The first-order valence-corrected chi connectivity index (χ1v) is 8.06. The normalized spacial score (nSPS) is 16.5. The summed E-state index contributed by atoms with van der Waals surface area (Å²) in [6.07, 6.45) is 3.78. The van der Waals surface area contributed by atoms with Crippen LogP contribution in [0.25, 0.3) is 10.2 Å². The number of fused-ring (bicyclic) bond motifs is 1. The number of pyridine rings is 1. The average molecular weight is 305 g/mol. The second kappa shape index (κ2) is 5.99. The van der Waals surface area contributed by atoms with E-state index >= 15 is 0 Å². The number of hydrogen-bond acceptors (Lipinski definition) is 5. The Morgan fingerprint density at radius 2 is 2.29 bits per heavy atom. The molecule has 5 nitrogen and oxygen atoms in total. The van der Waals surface area contributed by atoms with Crippen molar-refractivity contribution in [2.24, 2.45) is 0 Å². The van der Waals surface area contributed by atoms with Crippen LogP contribution in [0.3, 0.4) is 0 Å². The van der Waals surface area contributed by atoms with Crippen molar-refractivity contribution >= 4 is 33.1 Å². The number of likely N-dealkylation sites (tertiary alicyclic amines) is 1. The van der Waals surface area contributed by atoms with Crippen LogP contribution in [0.5, 0.6) is 0 Å². The summed E-state index contributed by atoms with van der Waals surface area (Å²) in [6.45, 7) is 4.19. The quantitative estimate of drug-likeness (QED) is 0.946. The van der Waals surface area contributed by atoms with Gasteiger partial charge in [0.1, 0.15) is 9.71 Å². The molecular formula is C15H19N3O2S. The molecule has 0 unspecified atom stereocenters. The third-order valence-electron chi connectivity index (χ3n) is 3.83. The zero-order valence-corrected chi connectivity index (χ0v) is 12.9. The van der Waals surface area contributed by atoms with E-state index in [1.807, 2.05) is 24.0 Å². The number of hydrogen-bond donors (Lipinski definition) is 1. The Balaban J connectivity index is 1.77. The van der Waals surface area contributed by atoms with E-state index in [0.717, 1.165) is 42.8 Å². The predicted molar refractivity (Wildman–Crippen MR) is 84.6 cm³/mol. The molecule has 0 radical (unpaired) electrons. The van der Waals surface area contributed by atoms with Crippen LogP contribution >= 0.6 is 11.3 Å². The van der Waals surface area contributed by atoms with Gasteiger partial charge in [0.15, 0.2) is 0 Å². The van der Waals surface area contributed by atoms with Gasteiger partial charge in [-0.1, -0.05) is 0 Å². The maximum atomic E-state index is 12.6. The number of amides is 1. The number of piperidine rings is 1. The lowest BCUT2D eigenvalue weighted by molar-refractivity contribution is 0.0148. The van der Waals surface area contributed by atoms with E-state index in [4.69, 9.17) is 10.5 Å². The summed E-state index contributed by atoms with van der Waals surface area (Å²) in [6, 6.07) is 3.75. The minimum atomic E-state index is 0.0189. The number of nitrogens with two attached hydrogens (primary N) is 1. The molecule has 6 heteroatoms. The standard InChI is InChI=1S/C15H19N3O2S/c1-2-20-10-5-8-18(9-6-10)15(19)13-12(16)11-4-3-7-17-14(11)21-13/h3-4,7,10H,2,5-6,8-9,16H2,1H3. The number of carbonyl (C=O) groups excluding carboxylic acids is 1. The van der Waals surface area contributed by atoms with Gasteiger partial charge in [-0.2, -0.15) is 0 Å². The highest BCUT2D eigenvalue weighted by Gasteiger charge is 2.26. The summed E-state index contributed by atoms with van der Waals surface area (Å²) in [5.41, 5.74) is 6.68. The second-order valence-corrected chi connectivity index (χ2v) is 6.15. The molecular weight excluding hydrogens is 286 g/mol. The van der Waals surface area contributed by atoms with Crippen LogP contribution in [-0.4, -0.2) is 41.6 Å². The van der Waals surface area contributed by atoms with Gasteiger partial charge < -0.3 is 15.4 Å². The number of aromatic nitrogens is 1. The highest BCUT2D eigenvalue weighted by molar-refractivity contribution is 7.21. The Morgan fingerprint density at radius 3 is 2.95 bits per heavy atom. The van der Waals surface area contributed by atoms with E-state index in [0.29, 0.717) is 10.6 Å². The number of nitrogens with zero attached hydrogens (tertiary/aromatic N) is 2. The minimum absolute atomic E-state index is 0.0189. The van der Waals surface area contributed by atoms with E-state index in [2.05, 4.69) is 4.98 Å². The van der Waals surface area contributed by atoms with Crippen LogP contribution in [0.2, 0.25) is 0 Å². The van der Waals surface area contributed by atoms with Crippen molar-refractivity contribution in [3.05, 3.63) is 23.2 Å². The molecule has 1 fully saturated rings. The topological polar surface area (TPSA) is 68.5 Å².